The van der Waals surface area contributed by atoms with E-state index < -0.39 is 0 Å². The van der Waals surface area contributed by atoms with Crippen molar-refractivity contribution in [2.24, 2.45) is 5.92 Å². The quantitative estimate of drug-likeness (QED) is 0.852. The molecule has 1 aromatic carbocycles. The summed E-state index contributed by atoms with van der Waals surface area (Å²) >= 11 is 0. The minimum absolute atomic E-state index is 0.0162. The van der Waals surface area contributed by atoms with Crippen LogP contribution in [0.1, 0.15) is 62.6 Å². The smallest absolute Gasteiger partial charge is 0.126 e. The average Bonchev–Trinajstić information content (AvgIpc) is 2.84. The Morgan fingerprint density at radius 1 is 1.21 bits per heavy atom. The van der Waals surface area contributed by atoms with Gasteiger partial charge in [0, 0.05) is 12.1 Å². The molecule has 0 radical (unpaired) electrons. The molecule has 0 saturated heterocycles. The molecule has 0 amide bonds. The van der Waals surface area contributed by atoms with Gasteiger partial charge >= 0.3 is 0 Å². The summed E-state index contributed by atoms with van der Waals surface area (Å²) in [6.45, 7) is 2.30. The highest BCUT2D eigenvalue weighted by Crippen LogP contribution is 2.35. The highest BCUT2D eigenvalue weighted by atomic mass is 19.1. The molecule has 1 aromatic rings. The van der Waals surface area contributed by atoms with Gasteiger partial charge in [-0.3, -0.25) is 0 Å². The largest absolute Gasteiger partial charge is 0.307 e. The SMILES string of the molecule is CCC1CCCCC1NC1CCc2c(F)cccc21. The first-order valence-corrected chi connectivity index (χ1v) is 7.83. The van der Waals surface area contributed by atoms with Gasteiger partial charge in [-0.1, -0.05) is 38.3 Å². The molecule has 19 heavy (non-hydrogen) atoms. The van der Waals surface area contributed by atoms with Crippen molar-refractivity contribution in [3.63, 3.8) is 0 Å². The summed E-state index contributed by atoms with van der Waals surface area (Å²) < 4.78 is 13.8. The highest BCUT2D eigenvalue weighted by Gasteiger charge is 2.30. The minimum Gasteiger partial charge on any atom is -0.307 e. The van der Waals surface area contributed by atoms with Gasteiger partial charge < -0.3 is 5.32 Å². The fourth-order valence-electron chi connectivity index (χ4n) is 3.96. The van der Waals surface area contributed by atoms with Crippen molar-refractivity contribution in [3.8, 4) is 0 Å². The number of nitrogens with one attached hydrogen (secondary N) is 1. The Morgan fingerprint density at radius 3 is 2.89 bits per heavy atom. The molecule has 3 unspecified atom stereocenters. The topological polar surface area (TPSA) is 12.0 Å². The van der Waals surface area contributed by atoms with Gasteiger partial charge in [0.2, 0.25) is 0 Å². The Kier molecular flexibility index (Phi) is 3.88. The van der Waals surface area contributed by atoms with Crippen molar-refractivity contribution in [2.75, 3.05) is 0 Å². The second-order valence-corrected chi connectivity index (χ2v) is 6.12. The van der Waals surface area contributed by atoms with E-state index in [0.29, 0.717) is 12.1 Å². The third kappa shape index (κ3) is 2.55. The second kappa shape index (κ2) is 5.62. The second-order valence-electron chi connectivity index (χ2n) is 6.12. The molecule has 1 nitrogen and oxygen atoms in total. The van der Waals surface area contributed by atoms with E-state index in [1.165, 1.54) is 37.7 Å². The van der Waals surface area contributed by atoms with Crippen LogP contribution in [0, 0.1) is 11.7 Å². The number of hydrogen-bond donors (Lipinski definition) is 1. The molecule has 0 heterocycles. The Hall–Kier alpha value is -0.890. The van der Waals surface area contributed by atoms with Crippen LogP contribution in [-0.4, -0.2) is 6.04 Å². The first-order valence-electron chi connectivity index (χ1n) is 7.83. The number of halogens is 1. The van der Waals surface area contributed by atoms with Crippen LogP contribution in [0.2, 0.25) is 0 Å². The van der Waals surface area contributed by atoms with Gasteiger partial charge in [0.1, 0.15) is 5.82 Å². The summed E-state index contributed by atoms with van der Waals surface area (Å²) in [6.07, 6.45) is 8.59. The molecule has 2 aliphatic rings. The molecule has 3 atom stereocenters. The van der Waals surface area contributed by atoms with E-state index >= 15 is 0 Å². The summed E-state index contributed by atoms with van der Waals surface area (Å²) in [4.78, 5) is 0. The lowest BCUT2D eigenvalue weighted by atomic mass is 9.82. The summed E-state index contributed by atoms with van der Waals surface area (Å²) in [5, 5.41) is 3.84. The Bertz CT molecular complexity index is 443. The Morgan fingerprint density at radius 2 is 2.05 bits per heavy atom. The molecule has 1 N–H and O–H groups in total. The molecule has 3 rings (SSSR count). The fourth-order valence-corrected chi connectivity index (χ4v) is 3.96. The first-order chi connectivity index (χ1) is 9.29. The normalized spacial score (nSPS) is 30.3. The zero-order valence-electron chi connectivity index (χ0n) is 11.8. The van der Waals surface area contributed by atoms with Crippen molar-refractivity contribution in [1.29, 1.82) is 0 Å². The first kappa shape index (κ1) is 13.1. The van der Waals surface area contributed by atoms with Crippen LogP contribution in [0.5, 0.6) is 0 Å². The summed E-state index contributed by atoms with van der Waals surface area (Å²) in [5.74, 6) is 0.795. The highest BCUT2D eigenvalue weighted by molar-refractivity contribution is 5.35. The lowest BCUT2D eigenvalue weighted by Gasteiger charge is -2.34. The monoisotopic (exact) mass is 261 g/mol. The van der Waals surface area contributed by atoms with Crippen LogP contribution in [0.25, 0.3) is 0 Å². The summed E-state index contributed by atoms with van der Waals surface area (Å²) in [7, 11) is 0. The lowest BCUT2D eigenvalue weighted by Crippen LogP contribution is -2.39. The van der Waals surface area contributed by atoms with Crippen LogP contribution in [-0.2, 0) is 6.42 Å². The minimum atomic E-state index is -0.0162. The summed E-state index contributed by atoms with van der Waals surface area (Å²) in [6, 6.07) is 6.57. The number of benzene rings is 1. The number of hydrogen-bond acceptors (Lipinski definition) is 1. The maximum Gasteiger partial charge on any atom is 0.126 e. The van der Waals surface area contributed by atoms with Gasteiger partial charge in [0.05, 0.1) is 0 Å². The number of fused-ring (bicyclic) bond motifs is 1. The van der Waals surface area contributed by atoms with Crippen LogP contribution in [0.15, 0.2) is 18.2 Å². The maximum absolute atomic E-state index is 13.8. The van der Waals surface area contributed by atoms with Crippen molar-refractivity contribution < 1.29 is 4.39 Å². The van der Waals surface area contributed by atoms with E-state index in [0.717, 1.165) is 24.3 Å². The van der Waals surface area contributed by atoms with Crippen LogP contribution < -0.4 is 5.32 Å². The molecule has 0 bridgehead atoms. The lowest BCUT2D eigenvalue weighted by molar-refractivity contribution is 0.236. The van der Waals surface area contributed by atoms with E-state index in [1.807, 2.05) is 6.07 Å². The van der Waals surface area contributed by atoms with Gasteiger partial charge in [-0.05, 0) is 48.8 Å². The standard InChI is InChI=1S/C17H24FN/c1-2-12-6-3-4-9-16(12)19-17-11-10-13-14(17)7-5-8-15(13)18/h5,7-8,12,16-17,19H,2-4,6,9-11H2,1H3. The van der Waals surface area contributed by atoms with Crippen molar-refractivity contribution >= 4 is 0 Å². The Labute approximate surface area is 115 Å². The van der Waals surface area contributed by atoms with E-state index in [4.69, 9.17) is 0 Å². The average molecular weight is 261 g/mol. The molecule has 1 fully saturated rings. The molecular formula is C17H24FN. The third-order valence-corrected chi connectivity index (χ3v) is 5.06. The molecule has 104 valence electrons. The van der Waals surface area contributed by atoms with Crippen LogP contribution in [0.4, 0.5) is 4.39 Å². The number of rotatable bonds is 3. The molecule has 2 aliphatic carbocycles. The van der Waals surface area contributed by atoms with Gasteiger partial charge in [-0.15, -0.1) is 0 Å². The van der Waals surface area contributed by atoms with E-state index in [1.54, 1.807) is 6.07 Å². The molecule has 0 aromatic heterocycles. The predicted molar refractivity (Wildman–Crippen MR) is 76.6 cm³/mol. The predicted octanol–water partition coefficient (Wildman–Crippen LogP) is 4.37. The van der Waals surface area contributed by atoms with Crippen LogP contribution >= 0.6 is 0 Å². The van der Waals surface area contributed by atoms with Gasteiger partial charge in [-0.2, -0.15) is 0 Å². The zero-order chi connectivity index (χ0) is 13.2. The third-order valence-electron chi connectivity index (χ3n) is 5.06. The van der Waals surface area contributed by atoms with Crippen LogP contribution in [0.3, 0.4) is 0 Å². The van der Waals surface area contributed by atoms with Gasteiger partial charge in [-0.25, -0.2) is 4.39 Å². The molecule has 1 saturated carbocycles. The molecular weight excluding hydrogens is 237 g/mol. The molecule has 0 spiro atoms. The summed E-state index contributed by atoms with van der Waals surface area (Å²) in [5.41, 5.74) is 2.16. The molecule has 2 heteroatoms. The maximum atomic E-state index is 13.8. The van der Waals surface area contributed by atoms with Gasteiger partial charge in [0.15, 0.2) is 0 Å². The zero-order valence-corrected chi connectivity index (χ0v) is 11.8. The van der Waals surface area contributed by atoms with Gasteiger partial charge in [0.25, 0.3) is 0 Å². The van der Waals surface area contributed by atoms with E-state index in [9.17, 15) is 4.39 Å². The Balaban J connectivity index is 1.73. The van der Waals surface area contributed by atoms with Crippen molar-refractivity contribution in [3.05, 3.63) is 35.1 Å². The van der Waals surface area contributed by atoms with Crippen molar-refractivity contribution in [1.82, 2.24) is 5.32 Å². The molecule has 0 aliphatic heterocycles. The van der Waals surface area contributed by atoms with Crippen molar-refractivity contribution in [2.45, 2.75) is 64.0 Å². The van der Waals surface area contributed by atoms with E-state index in [-0.39, 0.29) is 5.82 Å². The van der Waals surface area contributed by atoms with E-state index in [2.05, 4.69) is 18.3 Å². The fraction of sp³-hybridized carbons (Fsp3) is 0.647.